The maximum atomic E-state index is 12.7. The Morgan fingerprint density at radius 3 is 2.50 bits per heavy atom. The normalized spacial score (nSPS) is 20.2. The number of carbonyl (C=O) groups is 2. The van der Waals surface area contributed by atoms with Crippen LogP contribution in [-0.4, -0.2) is 40.0 Å². The summed E-state index contributed by atoms with van der Waals surface area (Å²) in [5.74, 6) is -1.80. The number of carboxylic acids is 1. The van der Waals surface area contributed by atoms with Crippen LogP contribution >= 0.6 is 0 Å². The maximum Gasteiger partial charge on any atom is 0.308 e. The predicted octanol–water partition coefficient (Wildman–Crippen LogP) is 2.64. The number of hydrogen-bond donors (Lipinski definition) is 1. The van der Waals surface area contributed by atoms with Gasteiger partial charge in [0.25, 0.3) is 5.91 Å². The predicted molar refractivity (Wildman–Crippen MR) is 89.9 cm³/mol. The van der Waals surface area contributed by atoms with Crippen molar-refractivity contribution in [2.24, 2.45) is 5.92 Å². The Balaban J connectivity index is 1.88. The van der Waals surface area contributed by atoms with Gasteiger partial charge in [-0.25, -0.2) is 0 Å². The molecule has 0 radical (unpaired) electrons. The number of likely N-dealkylation sites (tertiary alicyclic amines) is 1. The van der Waals surface area contributed by atoms with Crippen LogP contribution in [0.1, 0.15) is 33.1 Å². The molecule has 1 N–H and O–H groups in total. The van der Waals surface area contributed by atoms with Crippen molar-refractivity contribution >= 4 is 11.9 Å². The first-order valence-corrected chi connectivity index (χ1v) is 7.97. The number of amides is 1. The number of nitrogens with zero attached hydrogens (tertiary/aromatic N) is 2. The first kappa shape index (κ1) is 16.2. The van der Waals surface area contributed by atoms with Gasteiger partial charge in [0.2, 0.25) is 0 Å². The molecule has 5 heteroatoms. The van der Waals surface area contributed by atoms with E-state index < -0.39 is 11.9 Å². The summed E-state index contributed by atoms with van der Waals surface area (Å²) in [6.07, 6.45) is 1.55. The molecule has 1 aromatic carbocycles. The van der Waals surface area contributed by atoms with Crippen LogP contribution in [-0.2, 0) is 4.79 Å². The number of benzene rings is 1. The number of aliphatic carboxylic acids is 1. The molecule has 2 heterocycles. The summed E-state index contributed by atoms with van der Waals surface area (Å²) in [6, 6.07) is 11.3. The third-order valence-electron chi connectivity index (χ3n) is 4.67. The summed E-state index contributed by atoms with van der Waals surface area (Å²) in [4.78, 5) is 30.2. The quantitative estimate of drug-likeness (QED) is 0.942. The van der Waals surface area contributed by atoms with E-state index in [0.29, 0.717) is 12.1 Å². The molecule has 5 nitrogen and oxygen atoms in total. The molecule has 2 aromatic rings. The highest BCUT2D eigenvalue weighted by atomic mass is 16.4. The molecule has 0 spiro atoms. The van der Waals surface area contributed by atoms with Crippen LogP contribution in [0.3, 0.4) is 0 Å². The average Bonchev–Trinajstić information content (AvgIpc) is 3.00. The average molecular weight is 324 g/mol. The minimum atomic E-state index is -0.861. The highest BCUT2D eigenvalue weighted by Crippen LogP contribution is 2.35. The highest BCUT2D eigenvalue weighted by Gasteiger charge is 2.41. The molecule has 1 aromatic heterocycles. The Kier molecular flexibility index (Phi) is 4.34. The molecule has 1 saturated heterocycles. The molecule has 1 amide bonds. The van der Waals surface area contributed by atoms with E-state index in [1.807, 2.05) is 38.1 Å². The van der Waals surface area contributed by atoms with E-state index in [2.05, 4.69) is 4.98 Å². The maximum absolute atomic E-state index is 12.7. The Bertz CT molecular complexity index is 770. The van der Waals surface area contributed by atoms with Crippen LogP contribution in [0, 0.1) is 19.8 Å². The van der Waals surface area contributed by atoms with Crippen molar-refractivity contribution in [1.29, 1.82) is 0 Å². The number of aryl methyl sites for hydroxylation is 2. The number of carboxylic acid groups (broad SMARTS) is 1. The van der Waals surface area contributed by atoms with Crippen molar-refractivity contribution in [3.8, 4) is 0 Å². The van der Waals surface area contributed by atoms with Crippen molar-refractivity contribution in [3.05, 3.63) is 65.0 Å². The zero-order chi connectivity index (χ0) is 17.3. The first-order valence-electron chi connectivity index (χ1n) is 7.97. The summed E-state index contributed by atoms with van der Waals surface area (Å²) in [5, 5.41) is 9.59. The summed E-state index contributed by atoms with van der Waals surface area (Å²) in [7, 11) is 0. The van der Waals surface area contributed by atoms with Gasteiger partial charge < -0.3 is 10.0 Å². The lowest BCUT2D eigenvalue weighted by Gasteiger charge is -2.18. The van der Waals surface area contributed by atoms with E-state index in [4.69, 9.17) is 0 Å². The molecule has 0 unspecified atom stereocenters. The standard InChI is InChI=1S/C19H20N2O3/c1-12-5-3-4-6-15(12)16-10-21(11-17(16)19(23)24)18(22)14-8-7-13(2)20-9-14/h3-9,16-17H,10-11H2,1-2H3,(H,23,24)/t16-,17+/m0/s1. The van der Waals surface area contributed by atoms with Crippen LogP contribution in [0.5, 0.6) is 0 Å². The van der Waals surface area contributed by atoms with E-state index in [1.54, 1.807) is 23.2 Å². The molecule has 1 aliphatic heterocycles. The first-order chi connectivity index (χ1) is 11.5. The molecular formula is C19H20N2O3. The van der Waals surface area contributed by atoms with E-state index in [9.17, 15) is 14.7 Å². The molecule has 124 valence electrons. The lowest BCUT2D eigenvalue weighted by molar-refractivity contribution is -0.141. The Morgan fingerprint density at radius 1 is 1.12 bits per heavy atom. The summed E-state index contributed by atoms with van der Waals surface area (Å²) in [6.45, 7) is 4.47. The lowest BCUT2D eigenvalue weighted by Crippen LogP contribution is -2.30. The zero-order valence-corrected chi connectivity index (χ0v) is 13.8. The summed E-state index contributed by atoms with van der Waals surface area (Å²) < 4.78 is 0. The lowest BCUT2D eigenvalue weighted by atomic mass is 9.86. The molecule has 0 aliphatic carbocycles. The van der Waals surface area contributed by atoms with Crippen LogP contribution in [0.25, 0.3) is 0 Å². The van der Waals surface area contributed by atoms with E-state index in [1.165, 1.54) is 0 Å². The Morgan fingerprint density at radius 2 is 1.88 bits per heavy atom. The van der Waals surface area contributed by atoms with Gasteiger partial charge in [-0.3, -0.25) is 14.6 Å². The second kappa shape index (κ2) is 6.43. The smallest absolute Gasteiger partial charge is 0.308 e. The van der Waals surface area contributed by atoms with E-state index in [0.717, 1.165) is 16.8 Å². The van der Waals surface area contributed by atoms with Crippen molar-refractivity contribution in [2.75, 3.05) is 13.1 Å². The van der Waals surface area contributed by atoms with Gasteiger partial charge in [-0.2, -0.15) is 0 Å². The molecule has 1 aliphatic rings. The highest BCUT2D eigenvalue weighted by molar-refractivity contribution is 5.94. The van der Waals surface area contributed by atoms with Gasteiger partial charge in [-0.15, -0.1) is 0 Å². The fourth-order valence-electron chi connectivity index (χ4n) is 3.31. The minimum Gasteiger partial charge on any atom is -0.481 e. The van der Waals surface area contributed by atoms with Gasteiger partial charge in [0.15, 0.2) is 0 Å². The van der Waals surface area contributed by atoms with Crippen LogP contribution < -0.4 is 0 Å². The number of aromatic nitrogens is 1. The SMILES string of the molecule is Cc1ccc(C(=O)N2C[C@@H](C(=O)O)[C@H](c3ccccc3C)C2)cn1. The van der Waals surface area contributed by atoms with Gasteiger partial charge in [0.05, 0.1) is 11.5 Å². The van der Waals surface area contributed by atoms with Crippen molar-refractivity contribution < 1.29 is 14.7 Å². The third-order valence-corrected chi connectivity index (χ3v) is 4.67. The monoisotopic (exact) mass is 324 g/mol. The van der Waals surface area contributed by atoms with Crippen LogP contribution in [0.4, 0.5) is 0 Å². The second-order valence-corrected chi connectivity index (χ2v) is 6.31. The van der Waals surface area contributed by atoms with Crippen molar-refractivity contribution in [1.82, 2.24) is 9.88 Å². The topological polar surface area (TPSA) is 70.5 Å². The van der Waals surface area contributed by atoms with Gasteiger partial charge in [0, 0.05) is 30.9 Å². The molecule has 2 atom stereocenters. The van der Waals surface area contributed by atoms with Crippen LogP contribution in [0.15, 0.2) is 42.6 Å². The Hall–Kier alpha value is -2.69. The van der Waals surface area contributed by atoms with E-state index >= 15 is 0 Å². The van der Waals surface area contributed by atoms with Gasteiger partial charge in [-0.1, -0.05) is 24.3 Å². The minimum absolute atomic E-state index is 0.162. The largest absolute Gasteiger partial charge is 0.481 e. The molecule has 24 heavy (non-hydrogen) atoms. The van der Waals surface area contributed by atoms with Crippen LogP contribution in [0.2, 0.25) is 0 Å². The molecule has 3 rings (SSSR count). The molecule has 1 fully saturated rings. The zero-order valence-electron chi connectivity index (χ0n) is 13.8. The van der Waals surface area contributed by atoms with E-state index in [-0.39, 0.29) is 18.4 Å². The number of rotatable bonds is 3. The van der Waals surface area contributed by atoms with Gasteiger partial charge in [-0.05, 0) is 37.1 Å². The molecule has 0 bridgehead atoms. The summed E-state index contributed by atoms with van der Waals surface area (Å²) in [5.41, 5.74) is 3.40. The number of hydrogen-bond acceptors (Lipinski definition) is 3. The Labute approximate surface area is 140 Å². The fourth-order valence-corrected chi connectivity index (χ4v) is 3.31. The summed E-state index contributed by atoms with van der Waals surface area (Å²) >= 11 is 0. The third kappa shape index (κ3) is 3.02. The number of pyridine rings is 1. The van der Waals surface area contributed by atoms with Gasteiger partial charge >= 0.3 is 5.97 Å². The molecular weight excluding hydrogens is 304 g/mol. The number of carbonyl (C=O) groups excluding carboxylic acids is 1. The second-order valence-electron chi connectivity index (χ2n) is 6.31. The van der Waals surface area contributed by atoms with Gasteiger partial charge in [0.1, 0.15) is 0 Å². The van der Waals surface area contributed by atoms with Crippen molar-refractivity contribution in [2.45, 2.75) is 19.8 Å². The van der Waals surface area contributed by atoms with Crippen molar-refractivity contribution in [3.63, 3.8) is 0 Å². The molecule has 0 saturated carbocycles. The fraction of sp³-hybridized carbons (Fsp3) is 0.316.